The van der Waals surface area contributed by atoms with Gasteiger partial charge >= 0.3 is 5.97 Å². The number of H-pyrrole nitrogens is 1. The Kier molecular flexibility index (Phi) is 3.98. The molecule has 2 N–H and O–H groups in total. The van der Waals surface area contributed by atoms with Gasteiger partial charge in [0, 0.05) is 11.2 Å². The van der Waals surface area contributed by atoms with Gasteiger partial charge in [-0.3, -0.25) is 0 Å². The molecule has 0 aliphatic rings. The first-order valence-corrected chi connectivity index (χ1v) is 5.99. The average Bonchev–Trinajstić information content (AvgIpc) is 2.80. The smallest absolute Gasteiger partial charge is 0.335 e. The van der Waals surface area contributed by atoms with Crippen molar-refractivity contribution < 1.29 is 9.90 Å². The van der Waals surface area contributed by atoms with Gasteiger partial charge in [-0.2, -0.15) is 0 Å². The van der Waals surface area contributed by atoms with Gasteiger partial charge in [0.1, 0.15) is 0 Å². The number of para-hydroxylation sites is 1. The van der Waals surface area contributed by atoms with Gasteiger partial charge in [0.15, 0.2) is 0 Å². The van der Waals surface area contributed by atoms with E-state index in [2.05, 4.69) is 36.2 Å². The van der Waals surface area contributed by atoms with Crippen molar-refractivity contribution in [1.82, 2.24) is 4.98 Å². The largest absolute Gasteiger partial charge is 0.478 e. The molecule has 0 radical (unpaired) electrons. The van der Waals surface area contributed by atoms with Crippen molar-refractivity contribution in [2.75, 3.05) is 0 Å². The summed E-state index contributed by atoms with van der Waals surface area (Å²) in [4.78, 5) is 13.5. The number of hydrogen-bond donors (Lipinski definition) is 2. The molecule has 1 heterocycles. The number of aryl methyl sites for hydroxylation is 1. The molecule has 0 saturated heterocycles. The van der Waals surface area contributed by atoms with Crippen molar-refractivity contribution in [3.05, 3.63) is 71.9 Å². The van der Waals surface area contributed by atoms with Crippen LogP contribution in [0.2, 0.25) is 0 Å². The Morgan fingerprint density at radius 2 is 1.63 bits per heavy atom. The van der Waals surface area contributed by atoms with Crippen LogP contribution in [0.1, 0.15) is 16.1 Å². The van der Waals surface area contributed by atoms with E-state index in [1.807, 2.05) is 6.07 Å². The molecule has 1 aromatic heterocycles. The number of rotatable bonds is 1. The van der Waals surface area contributed by atoms with Crippen molar-refractivity contribution in [3.8, 4) is 0 Å². The lowest BCUT2D eigenvalue weighted by molar-refractivity contribution is 0.0697. The van der Waals surface area contributed by atoms with Crippen LogP contribution in [0.4, 0.5) is 0 Å². The monoisotopic (exact) mass is 253 g/mol. The minimum absolute atomic E-state index is 0.331. The predicted molar refractivity (Wildman–Crippen MR) is 76.4 cm³/mol. The first-order valence-electron chi connectivity index (χ1n) is 5.99. The van der Waals surface area contributed by atoms with Crippen LogP contribution in [-0.4, -0.2) is 16.1 Å². The Bertz CT molecular complexity index is 638. The third-order valence-electron chi connectivity index (χ3n) is 2.69. The van der Waals surface area contributed by atoms with Gasteiger partial charge in [-0.15, -0.1) is 0 Å². The number of carboxylic acid groups (broad SMARTS) is 1. The van der Waals surface area contributed by atoms with E-state index in [-0.39, 0.29) is 0 Å². The Morgan fingerprint density at radius 1 is 1.00 bits per heavy atom. The standard InChI is InChI=1S/C9H9N.C7H6O2/c1-7-6-8-4-2-3-5-9(8)10-7;8-7(9)6-4-2-1-3-5-6/h2-6,10H,1H3;1-5H,(H,8,9). The second-order valence-electron chi connectivity index (χ2n) is 4.21. The van der Waals surface area contributed by atoms with Crippen LogP contribution in [-0.2, 0) is 0 Å². The van der Waals surface area contributed by atoms with Gasteiger partial charge in [0.2, 0.25) is 0 Å². The highest BCUT2D eigenvalue weighted by molar-refractivity contribution is 5.87. The highest BCUT2D eigenvalue weighted by atomic mass is 16.4. The summed E-state index contributed by atoms with van der Waals surface area (Å²) in [6, 6.07) is 18.7. The van der Waals surface area contributed by atoms with Crippen LogP contribution in [0.15, 0.2) is 60.7 Å². The number of benzene rings is 2. The van der Waals surface area contributed by atoms with Crippen LogP contribution < -0.4 is 0 Å². The van der Waals surface area contributed by atoms with E-state index in [0.717, 1.165) is 0 Å². The summed E-state index contributed by atoms with van der Waals surface area (Å²) in [6.45, 7) is 2.07. The number of aromatic amines is 1. The Morgan fingerprint density at radius 3 is 2.21 bits per heavy atom. The molecule has 3 aromatic rings. The molecule has 3 nitrogen and oxygen atoms in total. The quantitative estimate of drug-likeness (QED) is 0.691. The lowest BCUT2D eigenvalue weighted by Crippen LogP contribution is -1.93. The molecule has 2 aromatic carbocycles. The molecule has 0 spiro atoms. The molecule has 0 aliphatic carbocycles. The molecule has 0 amide bonds. The van der Waals surface area contributed by atoms with Gasteiger partial charge in [0.05, 0.1) is 5.56 Å². The second kappa shape index (κ2) is 5.87. The van der Waals surface area contributed by atoms with Crippen LogP contribution in [0, 0.1) is 6.92 Å². The molecule has 0 fully saturated rings. The SMILES string of the molecule is Cc1cc2ccccc2[nH]1.O=C(O)c1ccccc1. The number of aromatic nitrogens is 1. The van der Waals surface area contributed by atoms with E-state index in [4.69, 9.17) is 5.11 Å². The average molecular weight is 253 g/mol. The Balaban J connectivity index is 0.000000141. The first-order chi connectivity index (χ1) is 9.16. The topological polar surface area (TPSA) is 53.1 Å². The molecule has 96 valence electrons. The molecule has 0 unspecified atom stereocenters. The summed E-state index contributed by atoms with van der Waals surface area (Å²) in [5, 5.41) is 9.68. The molecule has 3 heteroatoms. The Labute approximate surface area is 111 Å². The Hall–Kier alpha value is -2.55. The van der Waals surface area contributed by atoms with Gasteiger partial charge < -0.3 is 10.1 Å². The summed E-state index contributed by atoms with van der Waals surface area (Å²) >= 11 is 0. The van der Waals surface area contributed by atoms with Crippen molar-refractivity contribution in [1.29, 1.82) is 0 Å². The predicted octanol–water partition coefficient (Wildman–Crippen LogP) is 3.86. The zero-order chi connectivity index (χ0) is 13.7. The lowest BCUT2D eigenvalue weighted by Gasteiger charge is -1.88. The van der Waals surface area contributed by atoms with Crippen molar-refractivity contribution in [3.63, 3.8) is 0 Å². The molecule has 19 heavy (non-hydrogen) atoms. The molecular weight excluding hydrogens is 238 g/mol. The fourth-order valence-corrected chi connectivity index (χ4v) is 1.80. The van der Waals surface area contributed by atoms with E-state index >= 15 is 0 Å². The molecule has 0 bridgehead atoms. The summed E-state index contributed by atoms with van der Waals surface area (Å²) in [5.74, 6) is -0.879. The highest BCUT2D eigenvalue weighted by Crippen LogP contribution is 2.12. The summed E-state index contributed by atoms with van der Waals surface area (Å²) < 4.78 is 0. The number of carbonyl (C=O) groups is 1. The molecular formula is C16H15NO2. The maximum Gasteiger partial charge on any atom is 0.335 e. The van der Waals surface area contributed by atoms with Crippen LogP contribution >= 0.6 is 0 Å². The van der Waals surface area contributed by atoms with Crippen molar-refractivity contribution >= 4 is 16.9 Å². The molecule has 3 rings (SSSR count). The van der Waals surface area contributed by atoms with E-state index in [9.17, 15) is 4.79 Å². The second-order valence-corrected chi connectivity index (χ2v) is 4.21. The minimum Gasteiger partial charge on any atom is -0.478 e. The molecule has 0 atom stereocenters. The van der Waals surface area contributed by atoms with Gasteiger partial charge in [0.25, 0.3) is 0 Å². The van der Waals surface area contributed by atoms with E-state index in [1.54, 1.807) is 30.3 Å². The third-order valence-corrected chi connectivity index (χ3v) is 2.69. The summed E-state index contributed by atoms with van der Waals surface area (Å²) in [6.07, 6.45) is 0. The van der Waals surface area contributed by atoms with E-state index < -0.39 is 5.97 Å². The van der Waals surface area contributed by atoms with Crippen LogP contribution in [0.3, 0.4) is 0 Å². The number of fused-ring (bicyclic) bond motifs is 1. The van der Waals surface area contributed by atoms with Crippen molar-refractivity contribution in [2.24, 2.45) is 0 Å². The zero-order valence-corrected chi connectivity index (χ0v) is 10.6. The first kappa shape index (κ1) is 12.9. The maximum atomic E-state index is 10.2. The normalized spacial score (nSPS) is 9.74. The van der Waals surface area contributed by atoms with Crippen LogP contribution in [0.5, 0.6) is 0 Å². The minimum atomic E-state index is -0.879. The van der Waals surface area contributed by atoms with E-state index in [1.165, 1.54) is 16.6 Å². The number of aromatic carboxylic acids is 1. The van der Waals surface area contributed by atoms with Crippen LogP contribution in [0.25, 0.3) is 10.9 Å². The van der Waals surface area contributed by atoms with Gasteiger partial charge in [-0.05, 0) is 36.6 Å². The highest BCUT2D eigenvalue weighted by Gasteiger charge is 1.96. The van der Waals surface area contributed by atoms with Gasteiger partial charge in [-0.25, -0.2) is 4.79 Å². The molecule has 0 aliphatic heterocycles. The number of hydrogen-bond acceptors (Lipinski definition) is 1. The third kappa shape index (κ3) is 3.45. The lowest BCUT2D eigenvalue weighted by atomic mass is 10.2. The van der Waals surface area contributed by atoms with Gasteiger partial charge in [-0.1, -0.05) is 36.4 Å². The van der Waals surface area contributed by atoms with Crippen molar-refractivity contribution in [2.45, 2.75) is 6.92 Å². The van der Waals surface area contributed by atoms with E-state index in [0.29, 0.717) is 5.56 Å². The summed E-state index contributed by atoms with van der Waals surface area (Å²) in [7, 11) is 0. The summed E-state index contributed by atoms with van der Waals surface area (Å²) in [5.41, 5.74) is 2.78. The molecule has 0 saturated carbocycles. The number of nitrogens with one attached hydrogen (secondary N) is 1. The number of carboxylic acids is 1. The fourth-order valence-electron chi connectivity index (χ4n) is 1.80. The maximum absolute atomic E-state index is 10.2. The fraction of sp³-hybridized carbons (Fsp3) is 0.0625. The zero-order valence-electron chi connectivity index (χ0n) is 10.6.